The minimum Gasteiger partial charge on any atom is -0.475 e. The van der Waals surface area contributed by atoms with Crippen molar-refractivity contribution in [3.63, 3.8) is 0 Å². The molecule has 0 bridgehead atoms. The number of carbonyl (C=O) groups excluding carboxylic acids is 1. The first-order chi connectivity index (χ1) is 15.2. The number of rotatable bonds is 5. The van der Waals surface area contributed by atoms with E-state index in [0.717, 1.165) is 24.6 Å². The Morgan fingerprint density at radius 1 is 1.03 bits per heavy atom. The summed E-state index contributed by atoms with van der Waals surface area (Å²) < 4.78 is 31.7. The summed E-state index contributed by atoms with van der Waals surface area (Å²) in [6.07, 6.45) is -1.08. The number of hydrogen-bond donors (Lipinski definition) is 2. The van der Waals surface area contributed by atoms with Crippen molar-refractivity contribution in [1.29, 1.82) is 0 Å². The van der Waals surface area contributed by atoms with Crippen LogP contribution in [0, 0.1) is 5.92 Å². The van der Waals surface area contributed by atoms with Gasteiger partial charge in [0.25, 0.3) is 5.91 Å². The van der Waals surface area contributed by atoms with E-state index in [1.165, 1.54) is 42.5 Å². The number of hydrogen-bond acceptors (Lipinski definition) is 3. The number of alkyl halides is 3. The number of fused-ring (bicyclic) bond motifs is 1. The molecule has 32 heavy (non-hydrogen) atoms. The molecular formula is C24H25F3N2O3. The molecule has 1 amide bonds. The first-order valence-corrected chi connectivity index (χ1v) is 10.7. The lowest BCUT2D eigenvalue weighted by atomic mass is 10.1. The van der Waals surface area contributed by atoms with Crippen molar-refractivity contribution in [3.05, 3.63) is 70.8 Å². The van der Waals surface area contributed by atoms with E-state index in [2.05, 4.69) is 41.7 Å². The summed E-state index contributed by atoms with van der Waals surface area (Å²) in [5.41, 5.74) is 4.70. The van der Waals surface area contributed by atoms with Gasteiger partial charge in [-0.2, -0.15) is 13.2 Å². The molecule has 5 rings (SSSR count). The summed E-state index contributed by atoms with van der Waals surface area (Å²) in [7, 11) is 0. The molecule has 2 atom stereocenters. The highest BCUT2D eigenvalue weighted by molar-refractivity contribution is 5.94. The van der Waals surface area contributed by atoms with Gasteiger partial charge in [-0.3, -0.25) is 4.79 Å². The Labute approximate surface area is 184 Å². The Morgan fingerprint density at radius 2 is 1.66 bits per heavy atom. The Morgan fingerprint density at radius 3 is 2.22 bits per heavy atom. The van der Waals surface area contributed by atoms with Gasteiger partial charge in [-0.15, -0.1) is 0 Å². The molecule has 2 aromatic carbocycles. The highest BCUT2D eigenvalue weighted by Crippen LogP contribution is 2.42. The van der Waals surface area contributed by atoms with Crippen molar-refractivity contribution in [3.8, 4) is 0 Å². The van der Waals surface area contributed by atoms with Crippen LogP contribution in [0.3, 0.4) is 0 Å². The molecule has 2 N–H and O–H groups in total. The minimum atomic E-state index is -5.08. The Bertz CT molecular complexity index is 979. The van der Waals surface area contributed by atoms with E-state index in [0.29, 0.717) is 12.0 Å². The van der Waals surface area contributed by atoms with E-state index in [1.54, 1.807) is 0 Å². The molecule has 1 heterocycles. The molecule has 170 valence electrons. The minimum absolute atomic E-state index is 0.154. The van der Waals surface area contributed by atoms with Crippen molar-refractivity contribution in [2.75, 3.05) is 6.54 Å². The summed E-state index contributed by atoms with van der Waals surface area (Å²) in [6.45, 7) is 2.63. The monoisotopic (exact) mass is 446 g/mol. The average Bonchev–Trinajstić information content (AvgIpc) is 3.68. The Kier molecular flexibility index (Phi) is 6.24. The number of amides is 1. The molecule has 0 spiro atoms. The van der Waals surface area contributed by atoms with Crippen molar-refractivity contribution >= 4 is 11.9 Å². The third-order valence-electron chi connectivity index (χ3n) is 6.09. The van der Waals surface area contributed by atoms with Gasteiger partial charge in [0.15, 0.2) is 0 Å². The predicted octanol–water partition coefficient (Wildman–Crippen LogP) is 4.33. The van der Waals surface area contributed by atoms with Gasteiger partial charge in [-0.05, 0) is 60.5 Å². The zero-order valence-electron chi connectivity index (χ0n) is 17.4. The molecule has 2 aromatic rings. The average molecular weight is 446 g/mol. The third-order valence-corrected chi connectivity index (χ3v) is 6.09. The summed E-state index contributed by atoms with van der Waals surface area (Å²) in [4.78, 5) is 23.8. The maximum atomic E-state index is 12.9. The Hall–Kier alpha value is -2.87. The fourth-order valence-electron chi connectivity index (χ4n) is 3.99. The molecule has 2 fully saturated rings. The molecule has 2 aliphatic carbocycles. The first kappa shape index (κ1) is 22.3. The van der Waals surface area contributed by atoms with Crippen LogP contribution in [0.15, 0.2) is 48.5 Å². The SMILES string of the molecule is O=C(O)C(F)(F)F.O=C(c1cccc([C@@H]2C[C@H]2NCC2CC2)c1)N1Cc2ccccc2C1. The van der Waals surface area contributed by atoms with E-state index in [9.17, 15) is 18.0 Å². The second-order valence-corrected chi connectivity index (χ2v) is 8.66. The second-order valence-electron chi connectivity index (χ2n) is 8.66. The van der Waals surface area contributed by atoms with Crippen LogP contribution in [0.4, 0.5) is 13.2 Å². The van der Waals surface area contributed by atoms with Crippen LogP contribution in [0.1, 0.15) is 52.2 Å². The molecule has 3 aliphatic rings. The standard InChI is InChI=1S/C22H24N2O.C2HF3O2/c25-22(24-13-18-4-1-2-5-19(18)14-24)17-7-3-6-16(10-17)20-11-21(20)23-12-15-8-9-15;3-2(4,5)1(6)7/h1-7,10,15,20-21,23H,8-9,11-14H2;(H,6,7)/t20-,21+;/m0./s1. The van der Waals surface area contributed by atoms with Crippen LogP contribution >= 0.6 is 0 Å². The van der Waals surface area contributed by atoms with Crippen LogP contribution in [0.5, 0.6) is 0 Å². The second kappa shape index (κ2) is 8.94. The van der Waals surface area contributed by atoms with Gasteiger partial charge >= 0.3 is 12.1 Å². The third kappa shape index (κ3) is 5.48. The summed E-state index contributed by atoms with van der Waals surface area (Å²) in [6, 6.07) is 17.3. The van der Waals surface area contributed by atoms with E-state index < -0.39 is 12.1 Å². The summed E-state index contributed by atoms with van der Waals surface area (Å²) >= 11 is 0. The molecule has 2 saturated carbocycles. The number of nitrogens with zero attached hydrogens (tertiary/aromatic N) is 1. The lowest BCUT2D eigenvalue weighted by molar-refractivity contribution is -0.192. The first-order valence-electron chi connectivity index (χ1n) is 10.7. The van der Waals surface area contributed by atoms with Crippen LogP contribution in [-0.4, -0.2) is 40.6 Å². The maximum absolute atomic E-state index is 12.9. The van der Waals surface area contributed by atoms with Crippen LogP contribution in [0.2, 0.25) is 0 Å². The summed E-state index contributed by atoms with van der Waals surface area (Å²) in [5, 5.41) is 10.8. The fraction of sp³-hybridized carbons (Fsp3) is 0.417. The molecule has 0 unspecified atom stereocenters. The molecule has 5 nitrogen and oxygen atoms in total. The normalized spacial score (nSPS) is 21.4. The van der Waals surface area contributed by atoms with Crippen LogP contribution in [-0.2, 0) is 17.9 Å². The highest BCUT2D eigenvalue weighted by atomic mass is 19.4. The van der Waals surface area contributed by atoms with Gasteiger partial charge in [0.2, 0.25) is 0 Å². The van der Waals surface area contributed by atoms with Crippen molar-refractivity contribution in [2.24, 2.45) is 5.92 Å². The van der Waals surface area contributed by atoms with Gasteiger partial charge < -0.3 is 15.3 Å². The predicted molar refractivity (Wildman–Crippen MR) is 112 cm³/mol. The van der Waals surface area contributed by atoms with E-state index in [4.69, 9.17) is 9.90 Å². The Balaban J connectivity index is 0.000000307. The molecule has 0 saturated heterocycles. The quantitative estimate of drug-likeness (QED) is 0.717. The van der Waals surface area contributed by atoms with Crippen molar-refractivity contribution in [1.82, 2.24) is 10.2 Å². The van der Waals surface area contributed by atoms with Gasteiger partial charge in [0.05, 0.1) is 0 Å². The number of halogens is 3. The van der Waals surface area contributed by atoms with Gasteiger partial charge in [-0.25, -0.2) is 4.79 Å². The molecule has 0 aromatic heterocycles. The molecule has 1 aliphatic heterocycles. The van der Waals surface area contributed by atoms with Gasteiger partial charge in [0, 0.05) is 30.6 Å². The topological polar surface area (TPSA) is 69.6 Å². The number of benzene rings is 2. The van der Waals surface area contributed by atoms with E-state index >= 15 is 0 Å². The van der Waals surface area contributed by atoms with Crippen molar-refractivity contribution in [2.45, 2.75) is 50.5 Å². The summed E-state index contributed by atoms with van der Waals surface area (Å²) in [5.74, 6) is -1.10. The zero-order valence-corrected chi connectivity index (χ0v) is 17.4. The fourth-order valence-corrected chi connectivity index (χ4v) is 3.99. The molecule has 8 heteroatoms. The number of nitrogens with one attached hydrogen (secondary N) is 1. The van der Waals surface area contributed by atoms with Crippen molar-refractivity contribution < 1.29 is 27.9 Å². The lowest BCUT2D eigenvalue weighted by Gasteiger charge is -2.16. The number of aliphatic carboxylic acids is 1. The largest absolute Gasteiger partial charge is 0.490 e. The van der Waals surface area contributed by atoms with E-state index in [-0.39, 0.29) is 5.91 Å². The van der Waals surface area contributed by atoms with E-state index in [1.807, 2.05) is 17.0 Å². The number of carboxylic acid groups (broad SMARTS) is 1. The lowest BCUT2D eigenvalue weighted by Crippen LogP contribution is -2.25. The molecular weight excluding hydrogens is 421 g/mol. The zero-order chi connectivity index (χ0) is 22.9. The number of carboxylic acids is 1. The van der Waals surface area contributed by atoms with Crippen LogP contribution in [0.25, 0.3) is 0 Å². The maximum Gasteiger partial charge on any atom is 0.490 e. The smallest absolute Gasteiger partial charge is 0.475 e. The number of carbonyl (C=O) groups is 2. The molecule has 0 radical (unpaired) electrons. The van der Waals surface area contributed by atoms with Gasteiger partial charge in [0.1, 0.15) is 0 Å². The van der Waals surface area contributed by atoms with Crippen LogP contribution < -0.4 is 5.32 Å². The van der Waals surface area contributed by atoms with Gasteiger partial charge in [-0.1, -0.05) is 36.4 Å². The highest BCUT2D eigenvalue weighted by Gasteiger charge is 2.39.